The molecule has 2 aliphatic rings. The summed E-state index contributed by atoms with van der Waals surface area (Å²) in [5.41, 5.74) is 7.17. The molecule has 0 N–H and O–H groups in total. The van der Waals surface area contributed by atoms with Crippen molar-refractivity contribution in [2.24, 2.45) is 5.41 Å². The molecular formula is C41H40N4OPt. The summed E-state index contributed by atoms with van der Waals surface area (Å²) < 4.78 is 10.9. The van der Waals surface area contributed by atoms with Crippen molar-refractivity contribution in [1.82, 2.24) is 4.57 Å². The summed E-state index contributed by atoms with van der Waals surface area (Å²) in [5, 5.41) is 2.26. The third kappa shape index (κ3) is 5.51. The molecule has 0 spiro atoms. The molecule has 0 amide bonds. The molecule has 0 unspecified atom stereocenters. The van der Waals surface area contributed by atoms with Crippen LogP contribution in [0.3, 0.4) is 0 Å². The predicted molar refractivity (Wildman–Crippen MR) is 191 cm³/mol. The van der Waals surface area contributed by atoms with Gasteiger partial charge in [0.1, 0.15) is 5.82 Å². The first kappa shape index (κ1) is 32.5. The fourth-order valence-electron chi connectivity index (χ4n) is 6.36. The van der Waals surface area contributed by atoms with E-state index in [2.05, 4.69) is 154 Å². The van der Waals surface area contributed by atoms with Crippen LogP contribution in [-0.2, 0) is 26.5 Å². The van der Waals surface area contributed by atoms with Crippen LogP contribution in [0.25, 0.3) is 21.8 Å². The number of hydrogen-bond donors (Lipinski definition) is 0. The Morgan fingerprint density at radius 2 is 1.51 bits per heavy atom. The van der Waals surface area contributed by atoms with E-state index in [1.807, 2.05) is 30.0 Å². The normalized spacial score (nSPS) is 15.0. The maximum atomic E-state index is 6.77. The first-order valence-corrected chi connectivity index (χ1v) is 15.7. The minimum Gasteiger partial charge on any atom is -0.509 e. The number of para-hydroxylation sites is 3. The standard InChI is InChI=1S/C41H40N4O.Pt/c1-27-43(9)35-16-12-13-17-36(35)44(27)29-18-21-33(41(5,6)7)38(25-29)46-30-19-20-32-31-14-10-11-15-34(31)45(37(32)26-30)39-24-28(40(2,3)4)22-23-42(39)8;/h10-24H,1,8H2,2-7,9H3;/q-2;+2. The van der Waals surface area contributed by atoms with E-state index in [1.54, 1.807) is 0 Å². The number of aromatic nitrogens is 1. The monoisotopic (exact) mass is 799 g/mol. The van der Waals surface area contributed by atoms with Gasteiger partial charge in [0.15, 0.2) is 0 Å². The van der Waals surface area contributed by atoms with E-state index < -0.39 is 0 Å². The van der Waals surface area contributed by atoms with E-state index in [0.29, 0.717) is 11.5 Å². The fourth-order valence-corrected chi connectivity index (χ4v) is 6.36. The van der Waals surface area contributed by atoms with Crippen LogP contribution in [0, 0.1) is 23.7 Å². The van der Waals surface area contributed by atoms with Crippen molar-refractivity contribution in [3.05, 3.63) is 133 Å². The van der Waals surface area contributed by atoms with Gasteiger partial charge in [-0.15, -0.1) is 35.2 Å². The Kier molecular flexibility index (Phi) is 8.05. The van der Waals surface area contributed by atoms with Gasteiger partial charge in [-0.3, -0.25) is 9.14 Å². The number of ether oxygens (including phenoxy) is 1. The van der Waals surface area contributed by atoms with Gasteiger partial charge in [0.2, 0.25) is 6.17 Å². The van der Waals surface area contributed by atoms with Crippen molar-refractivity contribution < 1.29 is 30.4 Å². The molecule has 5 aromatic rings. The van der Waals surface area contributed by atoms with Crippen LogP contribution >= 0.6 is 0 Å². The van der Waals surface area contributed by atoms with Gasteiger partial charge in [-0.25, -0.2) is 0 Å². The van der Waals surface area contributed by atoms with E-state index in [0.717, 1.165) is 56.4 Å². The van der Waals surface area contributed by atoms with E-state index in [9.17, 15) is 0 Å². The third-order valence-corrected chi connectivity index (χ3v) is 8.95. The van der Waals surface area contributed by atoms with Gasteiger partial charge in [-0.05, 0) is 35.2 Å². The molecule has 0 fully saturated rings. The number of nitrogens with zero attached hydrogens (tertiary/aromatic N) is 4. The van der Waals surface area contributed by atoms with Gasteiger partial charge in [-0.1, -0.05) is 107 Å². The summed E-state index contributed by atoms with van der Waals surface area (Å²) in [6, 6.07) is 32.5. The molecule has 4 aromatic carbocycles. The molecule has 5 nitrogen and oxygen atoms in total. The van der Waals surface area contributed by atoms with E-state index in [1.165, 1.54) is 5.57 Å². The van der Waals surface area contributed by atoms with Crippen LogP contribution in [0.2, 0.25) is 0 Å². The fraction of sp³-hybridized carbons (Fsp3) is 0.220. The molecule has 0 saturated heterocycles. The number of allylic oxidation sites excluding steroid dienone is 2. The van der Waals surface area contributed by atoms with E-state index in [-0.39, 0.29) is 31.9 Å². The summed E-state index contributed by atoms with van der Waals surface area (Å²) >= 11 is 0. The van der Waals surface area contributed by atoms with E-state index >= 15 is 0 Å². The summed E-state index contributed by atoms with van der Waals surface area (Å²) in [4.78, 5) is 4.24. The molecule has 1 aromatic heterocycles. The first-order chi connectivity index (χ1) is 21.8. The zero-order chi connectivity index (χ0) is 32.5. The summed E-state index contributed by atoms with van der Waals surface area (Å²) in [5.74, 6) is 2.16. The number of benzene rings is 4. The molecule has 3 heterocycles. The molecule has 0 atom stereocenters. The SMILES string of the molecule is C=C1N(C)c2ccccc2N1c1[c-]c(Oc2[c-]c3c(cc2)c2ccccc2n3[C-]2C=C(C(C)(C)C)C=C[N+]2=C)c(C(C)(C)C)cc1.[Pt+2]. The van der Waals surface area contributed by atoms with Gasteiger partial charge >= 0.3 is 21.1 Å². The zero-order valence-corrected chi connectivity index (χ0v) is 30.4. The second-order valence-corrected chi connectivity index (χ2v) is 14.2. The minimum absolute atomic E-state index is 0. The van der Waals surface area contributed by atoms with Crippen LogP contribution < -0.4 is 14.5 Å². The molecule has 0 saturated carbocycles. The Balaban J connectivity index is 0.00000386. The maximum Gasteiger partial charge on any atom is 2.00 e. The largest absolute Gasteiger partial charge is 2.00 e. The average molecular weight is 800 g/mol. The van der Waals surface area contributed by atoms with Crippen molar-refractivity contribution in [3.8, 4) is 11.5 Å². The minimum atomic E-state index is -0.174. The summed E-state index contributed by atoms with van der Waals surface area (Å²) in [7, 11) is 2.04. The van der Waals surface area contributed by atoms with Crippen LogP contribution in [0.4, 0.5) is 17.1 Å². The molecular weight excluding hydrogens is 760 g/mol. The maximum absolute atomic E-state index is 6.77. The van der Waals surface area contributed by atoms with Gasteiger partial charge in [0, 0.05) is 31.5 Å². The van der Waals surface area contributed by atoms with Crippen molar-refractivity contribution in [2.75, 3.05) is 16.8 Å². The second kappa shape index (κ2) is 11.6. The van der Waals surface area contributed by atoms with Crippen LogP contribution in [-0.4, -0.2) is 22.9 Å². The Bertz CT molecular complexity index is 2120. The number of anilines is 3. The number of hydrogen-bond acceptors (Lipinski definition) is 3. The summed E-state index contributed by atoms with van der Waals surface area (Å²) in [6.07, 6.45) is 7.37. The Labute approximate surface area is 293 Å². The predicted octanol–water partition coefficient (Wildman–Crippen LogP) is 10.1. The Morgan fingerprint density at radius 1 is 0.809 bits per heavy atom. The molecule has 0 radical (unpaired) electrons. The van der Waals surface area contributed by atoms with Crippen LogP contribution in [0.1, 0.15) is 47.1 Å². The van der Waals surface area contributed by atoms with Crippen LogP contribution in [0.15, 0.2) is 109 Å². The molecule has 7 rings (SSSR count). The Hall–Kier alpha value is -4.47. The van der Waals surface area contributed by atoms with Crippen molar-refractivity contribution in [1.29, 1.82) is 0 Å². The average Bonchev–Trinajstić information content (AvgIpc) is 3.47. The van der Waals surface area contributed by atoms with Crippen LogP contribution in [0.5, 0.6) is 11.5 Å². The number of rotatable bonds is 4. The van der Waals surface area contributed by atoms with E-state index in [4.69, 9.17) is 4.74 Å². The topological polar surface area (TPSA) is 23.6 Å². The number of fused-ring (bicyclic) bond motifs is 4. The van der Waals surface area contributed by atoms with Crippen molar-refractivity contribution >= 4 is 45.6 Å². The molecule has 240 valence electrons. The van der Waals surface area contributed by atoms with Crippen molar-refractivity contribution in [2.45, 2.75) is 47.0 Å². The Morgan fingerprint density at radius 3 is 2.23 bits per heavy atom. The molecule has 2 aliphatic heterocycles. The van der Waals surface area contributed by atoms with Gasteiger partial charge in [0.25, 0.3) is 0 Å². The van der Waals surface area contributed by atoms with Gasteiger partial charge in [-0.2, -0.15) is 12.1 Å². The molecule has 6 heteroatoms. The second-order valence-electron chi connectivity index (χ2n) is 14.2. The zero-order valence-electron chi connectivity index (χ0n) is 28.1. The first-order valence-electron chi connectivity index (χ1n) is 15.7. The summed E-state index contributed by atoms with van der Waals surface area (Å²) in [6.45, 7) is 22.0. The molecule has 47 heavy (non-hydrogen) atoms. The third-order valence-electron chi connectivity index (χ3n) is 8.95. The molecule has 0 aliphatic carbocycles. The quantitative estimate of drug-likeness (QED) is 0.134. The molecule has 0 bridgehead atoms. The van der Waals surface area contributed by atoms with Crippen molar-refractivity contribution in [3.63, 3.8) is 0 Å². The van der Waals surface area contributed by atoms with Gasteiger partial charge in [0.05, 0.1) is 16.9 Å². The smallest absolute Gasteiger partial charge is 0.509 e. The van der Waals surface area contributed by atoms with Gasteiger partial charge < -0.3 is 14.5 Å².